The van der Waals surface area contributed by atoms with Crippen LogP contribution in [0.15, 0.2) is 42.7 Å². The highest BCUT2D eigenvalue weighted by atomic mass is 16.2. The highest BCUT2D eigenvalue weighted by molar-refractivity contribution is 6.06. The van der Waals surface area contributed by atoms with E-state index in [9.17, 15) is 4.79 Å². The van der Waals surface area contributed by atoms with Crippen molar-refractivity contribution in [3.05, 3.63) is 48.3 Å². The van der Waals surface area contributed by atoms with Crippen molar-refractivity contribution in [2.24, 2.45) is 0 Å². The van der Waals surface area contributed by atoms with Gasteiger partial charge in [0.25, 0.3) is 0 Å². The number of carbonyl (C=O) groups is 1. The molecule has 0 spiro atoms. The predicted molar refractivity (Wildman–Crippen MR) is 71.3 cm³/mol. The van der Waals surface area contributed by atoms with Crippen LogP contribution in [0, 0.1) is 0 Å². The van der Waals surface area contributed by atoms with Crippen LogP contribution in [0.3, 0.4) is 0 Å². The van der Waals surface area contributed by atoms with Gasteiger partial charge in [0.15, 0.2) is 0 Å². The lowest BCUT2D eigenvalue weighted by Crippen LogP contribution is -2.26. The first-order chi connectivity index (χ1) is 8.59. The number of aromatic nitrogens is 1. The van der Waals surface area contributed by atoms with Crippen LogP contribution in [0.1, 0.15) is 19.4 Å². The zero-order valence-corrected chi connectivity index (χ0v) is 10.4. The van der Waals surface area contributed by atoms with E-state index in [0.29, 0.717) is 0 Å². The Balaban J connectivity index is 2.10. The van der Waals surface area contributed by atoms with Gasteiger partial charge in [-0.25, -0.2) is 0 Å². The molecule has 1 aliphatic heterocycles. The minimum absolute atomic E-state index is 0.0596. The number of nitrogens with zero attached hydrogens (tertiary/aromatic N) is 1. The summed E-state index contributed by atoms with van der Waals surface area (Å²) in [4.78, 5) is 15.9. The van der Waals surface area contributed by atoms with E-state index in [1.165, 1.54) is 0 Å². The summed E-state index contributed by atoms with van der Waals surface area (Å²) in [7, 11) is 0. The molecule has 18 heavy (non-hydrogen) atoms. The summed E-state index contributed by atoms with van der Waals surface area (Å²) in [6.07, 6.45) is 3.54. The van der Waals surface area contributed by atoms with E-state index in [0.717, 1.165) is 22.4 Å². The van der Waals surface area contributed by atoms with Gasteiger partial charge in [-0.2, -0.15) is 0 Å². The summed E-state index contributed by atoms with van der Waals surface area (Å²) in [5, 5.41) is 2.94. The molecule has 0 fully saturated rings. The molecule has 0 radical (unpaired) electrons. The highest BCUT2D eigenvalue weighted by Crippen LogP contribution is 2.39. The average Bonchev–Trinajstić information content (AvgIpc) is 2.61. The van der Waals surface area contributed by atoms with Gasteiger partial charge < -0.3 is 5.32 Å². The summed E-state index contributed by atoms with van der Waals surface area (Å²) in [6, 6.07) is 10.0. The van der Waals surface area contributed by atoms with Crippen molar-refractivity contribution in [1.29, 1.82) is 0 Å². The van der Waals surface area contributed by atoms with Crippen LogP contribution in [-0.4, -0.2) is 10.9 Å². The average molecular weight is 238 g/mol. The van der Waals surface area contributed by atoms with Crippen LogP contribution in [0.2, 0.25) is 0 Å². The largest absolute Gasteiger partial charge is 0.325 e. The predicted octanol–water partition coefficient (Wildman–Crippen LogP) is 2.98. The number of rotatable bonds is 1. The molecule has 0 bridgehead atoms. The number of anilines is 1. The molecule has 0 unspecified atom stereocenters. The van der Waals surface area contributed by atoms with Gasteiger partial charge >= 0.3 is 0 Å². The lowest BCUT2D eigenvalue weighted by atomic mass is 9.85. The van der Waals surface area contributed by atoms with Crippen molar-refractivity contribution in [3.8, 4) is 11.1 Å². The summed E-state index contributed by atoms with van der Waals surface area (Å²) < 4.78 is 0. The molecule has 3 heteroatoms. The molecule has 1 N–H and O–H groups in total. The molecule has 0 atom stereocenters. The van der Waals surface area contributed by atoms with E-state index in [1.54, 1.807) is 12.4 Å². The Hall–Kier alpha value is -2.16. The molecular weight excluding hydrogens is 224 g/mol. The SMILES string of the molecule is CC1(C)C(=O)Nc2cc(-c3ccncc3)ccc21. The van der Waals surface area contributed by atoms with E-state index in [1.807, 2.05) is 38.1 Å². The number of fused-ring (bicyclic) bond motifs is 1. The Morgan fingerprint density at radius 2 is 1.78 bits per heavy atom. The number of nitrogens with one attached hydrogen (secondary N) is 1. The minimum Gasteiger partial charge on any atom is -0.325 e. The summed E-state index contributed by atoms with van der Waals surface area (Å²) in [5.74, 6) is 0.0596. The minimum atomic E-state index is -0.438. The van der Waals surface area contributed by atoms with Crippen molar-refractivity contribution >= 4 is 11.6 Å². The number of pyridine rings is 1. The third-order valence-corrected chi connectivity index (χ3v) is 3.52. The summed E-state index contributed by atoms with van der Waals surface area (Å²) >= 11 is 0. The van der Waals surface area contributed by atoms with Crippen molar-refractivity contribution in [2.75, 3.05) is 5.32 Å². The van der Waals surface area contributed by atoms with Crippen molar-refractivity contribution in [1.82, 2.24) is 4.98 Å². The van der Waals surface area contributed by atoms with Gasteiger partial charge in [-0.3, -0.25) is 9.78 Å². The Morgan fingerprint density at radius 1 is 1.06 bits per heavy atom. The van der Waals surface area contributed by atoms with Crippen LogP contribution < -0.4 is 5.32 Å². The van der Waals surface area contributed by atoms with Crippen LogP contribution in [-0.2, 0) is 10.2 Å². The van der Waals surface area contributed by atoms with Crippen LogP contribution >= 0.6 is 0 Å². The van der Waals surface area contributed by atoms with Gasteiger partial charge in [-0.05, 0) is 48.7 Å². The van der Waals surface area contributed by atoms with Crippen LogP contribution in [0.4, 0.5) is 5.69 Å². The van der Waals surface area contributed by atoms with Crippen LogP contribution in [0.5, 0.6) is 0 Å². The summed E-state index contributed by atoms with van der Waals surface area (Å²) in [5.41, 5.74) is 3.73. The van der Waals surface area contributed by atoms with Gasteiger partial charge in [-0.15, -0.1) is 0 Å². The quantitative estimate of drug-likeness (QED) is 0.829. The maximum absolute atomic E-state index is 11.9. The number of hydrogen-bond acceptors (Lipinski definition) is 2. The number of carbonyl (C=O) groups excluding carboxylic acids is 1. The zero-order chi connectivity index (χ0) is 12.8. The molecule has 90 valence electrons. The molecule has 2 aromatic rings. The number of benzene rings is 1. The molecule has 3 nitrogen and oxygen atoms in total. The Morgan fingerprint density at radius 3 is 2.50 bits per heavy atom. The fraction of sp³-hybridized carbons (Fsp3) is 0.200. The Kier molecular flexibility index (Phi) is 2.23. The molecule has 1 aromatic carbocycles. The number of hydrogen-bond donors (Lipinski definition) is 1. The van der Waals surface area contributed by atoms with E-state index in [-0.39, 0.29) is 5.91 Å². The second kappa shape index (κ2) is 3.67. The van der Waals surface area contributed by atoms with Crippen molar-refractivity contribution in [2.45, 2.75) is 19.3 Å². The number of amides is 1. The van der Waals surface area contributed by atoms with Gasteiger partial charge in [-0.1, -0.05) is 12.1 Å². The normalized spacial score (nSPS) is 16.2. The lowest BCUT2D eigenvalue weighted by Gasteiger charge is -2.15. The fourth-order valence-electron chi connectivity index (χ4n) is 2.32. The standard InChI is InChI=1S/C15H14N2O/c1-15(2)12-4-3-11(9-13(12)17-14(15)18)10-5-7-16-8-6-10/h3-9H,1-2H3,(H,17,18). The smallest absolute Gasteiger partial charge is 0.234 e. The molecule has 3 rings (SSSR count). The Bertz CT molecular complexity index is 618. The molecule has 0 saturated heterocycles. The lowest BCUT2D eigenvalue weighted by molar-refractivity contribution is -0.119. The Labute approximate surface area is 106 Å². The van der Waals surface area contributed by atoms with Crippen molar-refractivity contribution < 1.29 is 4.79 Å². The van der Waals surface area contributed by atoms with E-state index >= 15 is 0 Å². The molecule has 2 heterocycles. The van der Waals surface area contributed by atoms with Gasteiger partial charge in [0.05, 0.1) is 5.41 Å². The van der Waals surface area contributed by atoms with Gasteiger partial charge in [0, 0.05) is 18.1 Å². The van der Waals surface area contributed by atoms with Gasteiger partial charge in [0.1, 0.15) is 0 Å². The fourth-order valence-corrected chi connectivity index (χ4v) is 2.32. The maximum Gasteiger partial charge on any atom is 0.234 e. The maximum atomic E-state index is 11.9. The topological polar surface area (TPSA) is 42.0 Å². The first kappa shape index (κ1) is 11.0. The molecule has 1 amide bonds. The molecule has 1 aliphatic rings. The third-order valence-electron chi connectivity index (χ3n) is 3.52. The van der Waals surface area contributed by atoms with E-state index in [4.69, 9.17) is 0 Å². The zero-order valence-electron chi connectivity index (χ0n) is 10.4. The van der Waals surface area contributed by atoms with E-state index in [2.05, 4.69) is 16.4 Å². The highest BCUT2D eigenvalue weighted by Gasteiger charge is 2.38. The molecular formula is C15H14N2O. The first-order valence-corrected chi connectivity index (χ1v) is 5.95. The summed E-state index contributed by atoms with van der Waals surface area (Å²) in [6.45, 7) is 3.89. The monoisotopic (exact) mass is 238 g/mol. The molecule has 0 aliphatic carbocycles. The first-order valence-electron chi connectivity index (χ1n) is 5.95. The second-order valence-electron chi connectivity index (χ2n) is 5.08. The third kappa shape index (κ3) is 1.51. The van der Waals surface area contributed by atoms with Crippen molar-refractivity contribution in [3.63, 3.8) is 0 Å². The second-order valence-corrected chi connectivity index (χ2v) is 5.08. The van der Waals surface area contributed by atoms with Crippen LogP contribution in [0.25, 0.3) is 11.1 Å². The molecule has 1 aromatic heterocycles. The van der Waals surface area contributed by atoms with E-state index < -0.39 is 5.41 Å². The molecule has 0 saturated carbocycles. The van der Waals surface area contributed by atoms with Gasteiger partial charge in [0.2, 0.25) is 5.91 Å².